The summed E-state index contributed by atoms with van der Waals surface area (Å²) in [6.45, 7) is 11.4. The monoisotopic (exact) mass is 1870 g/mol. The van der Waals surface area contributed by atoms with Gasteiger partial charge in [-0.25, -0.2) is 0 Å². The third-order valence-electron chi connectivity index (χ3n) is 19.5. The van der Waals surface area contributed by atoms with Gasteiger partial charge in [-0.2, -0.15) is 0 Å². The van der Waals surface area contributed by atoms with Crippen LogP contribution in [0.4, 0.5) is 56.9 Å². The molecule has 11 heteroatoms. The van der Waals surface area contributed by atoms with Gasteiger partial charge in [0, 0.05) is 64.0 Å². The average Bonchev–Trinajstić information content (AvgIpc) is 0.881. The first-order valence-electron chi connectivity index (χ1n) is 42.2. The van der Waals surface area contributed by atoms with E-state index in [1.165, 1.54) is 172 Å². The first-order chi connectivity index (χ1) is 56.6. The average molecular weight is 1870 g/mol. The van der Waals surface area contributed by atoms with Gasteiger partial charge in [-0.3, -0.25) is 0 Å². The Labute approximate surface area is 731 Å². The third-order valence-corrected chi connectivity index (χ3v) is 21.7. The number of hydrogen-bond donors (Lipinski definition) is 3. The van der Waals surface area contributed by atoms with Crippen LogP contribution in [0, 0.1) is 7.14 Å². The van der Waals surface area contributed by atoms with E-state index in [1.54, 1.807) is 12.1 Å². The molecule has 0 fully saturated rings. The lowest BCUT2D eigenvalue weighted by Gasteiger charge is -2.26. The van der Waals surface area contributed by atoms with Gasteiger partial charge in [-0.15, -0.1) is 0 Å². The van der Waals surface area contributed by atoms with Gasteiger partial charge in [0.25, 0.3) is 0 Å². The molecule has 12 aromatic rings. The smallest absolute Gasteiger partial charge is 0.119 e. The second-order valence-electron chi connectivity index (χ2n) is 28.8. The summed E-state index contributed by atoms with van der Waals surface area (Å²) in [6, 6.07) is 109. The molecule has 0 saturated heterocycles. The summed E-state index contributed by atoms with van der Waals surface area (Å²) >= 11 is 6.94. The van der Waals surface area contributed by atoms with E-state index in [0.717, 1.165) is 110 Å². The number of unbranched alkanes of at least 4 members (excludes halogenated alkanes) is 20. The van der Waals surface area contributed by atoms with Gasteiger partial charge in [0.1, 0.15) is 23.0 Å². The summed E-state index contributed by atoms with van der Waals surface area (Å²) in [5.74, 6) is 3.16. The number of phenolic OH excluding ortho intramolecular Hbond substituents is 1. The van der Waals surface area contributed by atoms with Crippen LogP contribution in [0.2, 0.25) is 0 Å². The Morgan fingerprint density at radius 1 is 0.243 bits per heavy atom. The Morgan fingerprint density at radius 3 is 0.757 bits per heavy atom. The van der Waals surface area contributed by atoms with Gasteiger partial charge < -0.3 is 39.8 Å². The number of nitrogens with one attached hydrogen (secondary N) is 2. The van der Waals surface area contributed by atoms with E-state index in [0.29, 0.717) is 5.75 Å². The van der Waals surface area contributed by atoms with E-state index < -0.39 is 0 Å². The predicted octanol–water partition coefficient (Wildman–Crippen LogP) is 33.4. The Morgan fingerprint density at radius 2 is 0.470 bits per heavy atom. The Balaban J connectivity index is 0.000000227. The van der Waals surface area contributed by atoms with E-state index in [9.17, 15) is 0 Å². The highest BCUT2D eigenvalue weighted by Crippen LogP contribution is 2.40. The minimum atomic E-state index is 0.324. The Hall–Kier alpha value is -8.77. The lowest BCUT2D eigenvalue weighted by atomic mass is 10.0. The summed E-state index contributed by atoms with van der Waals surface area (Å²) in [5.41, 5.74) is 15.7. The van der Waals surface area contributed by atoms with Gasteiger partial charge in [-0.1, -0.05) is 300 Å². The molecule has 0 heterocycles. The Bertz CT molecular complexity index is 4140. The number of alkyl halides is 1. The normalized spacial score (nSPS) is 10.5. The van der Waals surface area contributed by atoms with E-state index in [2.05, 4.69) is 359 Å². The van der Waals surface area contributed by atoms with Crippen molar-refractivity contribution in [3.63, 3.8) is 0 Å². The molecule has 0 amide bonds. The minimum Gasteiger partial charge on any atom is -0.508 e. The molecule has 0 aromatic heterocycles. The van der Waals surface area contributed by atoms with Crippen LogP contribution in [0.15, 0.2) is 315 Å². The van der Waals surface area contributed by atoms with Gasteiger partial charge in [0.2, 0.25) is 0 Å². The number of benzene rings is 12. The maximum atomic E-state index is 8.75. The topological polar surface area (TPSA) is 78.5 Å². The number of nitrogens with zero attached hydrogens (tertiary/aromatic N) is 2. The highest BCUT2D eigenvalue weighted by Gasteiger charge is 2.16. The van der Waals surface area contributed by atoms with E-state index in [-0.39, 0.29) is 0 Å². The van der Waals surface area contributed by atoms with Crippen LogP contribution >= 0.6 is 67.8 Å². The zero-order valence-electron chi connectivity index (χ0n) is 68.5. The van der Waals surface area contributed by atoms with Crippen LogP contribution in [-0.2, 0) is 0 Å². The van der Waals surface area contributed by atoms with Crippen LogP contribution in [0.1, 0.15) is 182 Å². The van der Waals surface area contributed by atoms with Crippen molar-refractivity contribution in [3.8, 4) is 45.3 Å². The molecule has 0 bridgehead atoms. The van der Waals surface area contributed by atoms with Gasteiger partial charge in [0.15, 0.2) is 0 Å². The molecule has 115 heavy (non-hydrogen) atoms. The van der Waals surface area contributed by atoms with E-state index >= 15 is 0 Å². The first kappa shape index (κ1) is 91.7. The highest BCUT2D eigenvalue weighted by molar-refractivity contribution is 14.1. The molecule has 12 aromatic carbocycles. The zero-order chi connectivity index (χ0) is 80.8. The molecule has 0 unspecified atom stereocenters. The molecule has 0 spiro atoms. The Kier molecular flexibility index (Phi) is 45.1. The largest absolute Gasteiger partial charge is 0.508 e. The molecule has 0 aliphatic carbocycles. The third kappa shape index (κ3) is 36.1. The second kappa shape index (κ2) is 56.5. The molecular weight excluding hydrogens is 1750 g/mol. The van der Waals surface area contributed by atoms with E-state index in [1.807, 2.05) is 60.7 Å². The van der Waals surface area contributed by atoms with Crippen molar-refractivity contribution < 1.29 is 19.3 Å². The predicted molar refractivity (Wildman–Crippen MR) is 521 cm³/mol. The SMILES string of the molecule is CCCCCCCCI.CCCCCCCCOc1ccc(I)cc1.CCCCCCCCOc1ccc(N(c2ccccc2)c2ccc(-c3ccc(N(c4ccccc4)c4ccc(OCCCCCCCC)cc4)cc3)cc2)cc1.Oc1ccc(I)cc1.c1ccc(Nc2ccc(-c3ccc(Nc4ccccc4)cc3)cc2)cc1. The van der Waals surface area contributed by atoms with Gasteiger partial charge >= 0.3 is 0 Å². The van der Waals surface area contributed by atoms with Gasteiger partial charge in [0.05, 0.1) is 19.8 Å². The number of halogens is 3. The summed E-state index contributed by atoms with van der Waals surface area (Å²) in [4.78, 5) is 4.60. The van der Waals surface area contributed by atoms with Crippen molar-refractivity contribution >= 4 is 125 Å². The number of hydrogen-bond acceptors (Lipinski definition) is 8. The van der Waals surface area contributed by atoms with Crippen molar-refractivity contribution in [2.75, 3.05) is 44.7 Å². The summed E-state index contributed by atoms with van der Waals surface area (Å²) < 4.78 is 21.6. The quantitative estimate of drug-likeness (QED) is 0.0198. The molecule has 8 nitrogen and oxygen atoms in total. The highest BCUT2D eigenvalue weighted by atomic mass is 127. The summed E-state index contributed by atoms with van der Waals surface area (Å²) in [5, 5.41) is 15.6. The summed E-state index contributed by atoms with van der Waals surface area (Å²) in [7, 11) is 0. The lowest BCUT2D eigenvalue weighted by molar-refractivity contribution is 0.304. The van der Waals surface area contributed by atoms with Crippen molar-refractivity contribution in [1.82, 2.24) is 0 Å². The molecule has 0 atom stereocenters. The maximum Gasteiger partial charge on any atom is 0.119 e. The molecule has 12 rings (SSSR count). The molecule has 604 valence electrons. The number of aromatic hydroxyl groups is 1. The fourth-order valence-electron chi connectivity index (χ4n) is 13.0. The molecule has 0 aliphatic heterocycles. The molecule has 0 radical (unpaired) electrons. The van der Waals surface area contributed by atoms with Gasteiger partial charge in [-0.05, 0) is 292 Å². The van der Waals surface area contributed by atoms with Crippen molar-refractivity contribution in [1.29, 1.82) is 0 Å². The number of ether oxygens (including phenoxy) is 3. The van der Waals surface area contributed by atoms with Crippen LogP contribution in [-0.4, -0.2) is 29.4 Å². The van der Waals surface area contributed by atoms with Crippen LogP contribution in [0.25, 0.3) is 22.3 Å². The number of phenols is 1. The molecule has 3 N–H and O–H groups in total. The van der Waals surface area contributed by atoms with Crippen molar-refractivity contribution in [2.24, 2.45) is 0 Å². The minimum absolute atomic E-state index is 0.324. The molecular formula is C104H123I3N4O4. The number of anilines is 10. The van der Waals surface area contributed by atoms with Crippen molar-refractivity contribution in [2.45, 2.75) is 182 Å². The number of para-hydroxylation sites is 4. The fraction of sp³-hybridized carbons (Fsp3) is 0.308. The second-order valence-corrected chi connectivity index (χ2v) is 32.4. The maximum absolute atomic E-state index is 8.75. The van der Waals surface area contributed by atoms with Crippen LogP contribution < -0.4 is 34.6 Å². The fourth-order valence-corrected chi connectivity index (χ4v) is 14.2. The molecule has 0 aliphatic rings. The number of rotatable bonds is 42. The summed E-state index contributed by atoms with van der Waals surface area (Å²) in [6.07, 6.45) is 31.6. The van der Waals surface area contributed by atoms with E-state index in [4.69, 9.17) is 19.3 Å². The standard InChI is InChI=1S/C52H60N2O2.C24H20N2.C14H21IO.C8H17I.C6H5IO/c1-3-5-7-9-11-19-41-55-51-37-33-49(34-38-51)53(45-21-15-13-16-22-45)47-29-25-43(26-30-47)44-27-31-48(32-28-44)54(46-23-17-14-18-24-46)50-35-39-52(40-36-50)56-42-20-12-10-8-6-4-2;1-3-7-21(8-4-1)25-23-15-11-19(12-16-23)20-13-17-24(18-14-20)26-22-9-5-2-6-10-22;1-2-3-4-5-6-7-12-16-14-10-8-13(15)9-11-14;1-2-3-4-5-6-7-8-9;7-5-1-3-6(8)4-2-5/h13-18,21-40H,3-12,19-20,41-42H2,1-2H3;1-18,25-26H;8-11H,2-7,12H2,1H3;2-8H2,1H3;1-4,8H. The van der Waals surface area contributed by atoms with Crippen molar-refractivity contribution in [3.05, 3.63) is 323 Å². The zero-order valence-corrected chi connectivity index (χ0v) is 75.0. The van der Waals surface area contributed by atoms with Crippen LogP contribution in [0.3, 0.4) is 0 Å². The lowest BCUT2D eigenvalue weighted by Crippen LogP contribution is -2.10. The van der Waals surface area contributed by atoms with Crippen LogP contribution in [0.5, 0.6) is 23.0 Å². The molecule has 0 saturated carbocycles. The first-order valence-corrected chi connectivity index (χ1v) is 45.9.